The predicted molar refractivity (Wildman–Crippen MR) is 59.2 cm³/mol. The normalized spacial score (nSPS) is 23.2. The Morgan fingerprint density at radius 2 is 1.88 bits per heavy atom. The summed E-state index contributed by atoms with van der Waals surface area (Å²) in [5.74, 6) is -0.891. The summed E-state index contributed by atoms with van der Waals surface area (Å²) < 4.78 is 5.11. The third-order valence-corrected chi connectivity index (χ3v) is 2.84. The second-order valence-electron chi connectivity index (χ2n) is 3.92. The summed E-state index contributed by atoms with van der Waals surface area (Å²) in [5.41, 5.74) is 0.936. The average molecular weight is 214 g/mol. The lowest BCUT2D eigenvalue weighted by molar-refractivity contribution is -0.138. The van der Waals surface area contributed by atoms with Crippen LogP contribution in [0.3, 0.4) is 0 Å². The van der Waals surface area contributed by atoms with E-state index in [1.165, 1.54) is 0 Å². The summed E-state index contributed by atoms with van der Waals surface area (Å²) in [5, 5.41) is 11.0. The Hall–Kier alpha value is -1.87. The van der Waals surface area contributed by atoms with Gasteiger partial charge in [-0.05, 0) is 22.4 Å². The molecule has 2 atom stereocenters. The van der Waals surface area contributed by atoms with E-state index >= 15 is 0 Å². The van der Waals surface area contributed by atoms with Gasteiger partial charge >= 0.3 is 5.97 Å². The number of carbonyl (C=O) groups is 1. The molecule has 0 aromatic heterocycles. The van der Waals surface area contributed by atoms with Crippen LogP contribution in [0.25, 0.3) is 10.8 Å². The summed E-state index contributed by atoms with van der Waals surface area (Å²) in [7, 11) is 0. The maximum absolute atomic E-state index is 10.7. The van der Waals surface area contributed by atoms with Gasteiger partial charge in [-0.15, -0.1) is 0 Å². The van der Waals surface area contributed by atoms with Gasteiger partial charge in [0, 0.05) is 0 Å². The Balaban J connectivity index is 1.98. The lowest BCUT2D eigenvalue weighted by Crippen LogP contribution is -2.04. The number of hydrogen-bond acceptors (Lipinski definition) is 2. The molecule has 16 heavy (non-hydrogen) atoms. The molecular formula is C13H10O3. The molecule has 80 valence electrons. The molecule has 3 heteroatoms. The van der Waals surface area contributed by atoms with Crippen LogP contribution in [0.2, 0.25) is 0 Å². The molecule has 0 saturated carbocycles. The van der Waals surface area contributed by atoms with Gasteiger partial charge in [-0.3, -0.25) is 0 Å². The number of benzene rings is 2. The first-order valence-electron chi connectivity index (χ1n) is 5.13. The molecule has 3 nitrogen and oxygen atoms in total. The minimum atomic E-state index is -0.891. The van der Waals surface area contributed by atoms with Crippen molar-refractivity contribution in [2.24, 2.45) is 0 Å². The molecule has 1 heterocycles. The van der Waals surface area contributed by atoms with E-state index in [4.69, 9.17) is 9.84 Å². The van der Waals surface area contributed by atoms with Crippen LogP contribution in [0, 0.1) is 0 Å². The number of carboxylic acid groups (broad SMARTS) is 1. The number of hydrogen-bond donors (Lipinski definition) is 1. The SMILES string of the molecule is O=C(O)[C@H]1O[C@@H]1c1ccc2ccccc2c1. The summed E-state index contributed by atoms with van der Waals surface area (Å²) in [6.07, 6.45) is -0.941. The van der Waals surface area contributed by atoms with Gasteiger partial charge in [0.05, 0.1) is 0 Å². The molecule has 0 amide bonds. The first-order chi connectivity index (χ1) is 7.75. The summed E-state index contributed by atoms with van der Waals surface area (Å²) in [6.45, 7) is 0. The van der Waals surface area contributed by atoms with E-state index in [1.807, 2.05) is 42.5 Å². The molecule has 2 aromatic rings. The highest BCUT2D eigenvalue weighted by molar-refractivity contribution is 5.84. The minimum absolute atomic E-state index is 0.276. The Labute approximate surface area is 92.3 Å². The number of carboxylic acids is 1. The number of rotatable bonds is 2. The highest BCUT2D eigenvalue weighted by atomic mass is 16.6. The van der Waals surface area contributed by atoms with Crippen LogP contribution in [0.4, 0.5) is 0 Å². The highest BCUT2D eigenvalue weighted by Gasteiger charge is 2.46. The van der Waals surface area contributed by atoms with E-state index in [9.17, 15) is 4.79 Å². The van der Waals surface area contributed by atoms with Crippen LogP contribution in [0.1, 0.15) is 11.7 Å². The van der Waals surface area contributed by atoms with Gasteiger partial charge in [0.1, 0.15) is 6.10 Å². The van der Waals surface area contributed by atoms with E-state index in [2.05, 4.69) is 0 Å². The predicted octanol–water partition coefficient (Wildman–Crippen LogP) is 2.36. The zero-order valence-corrected chi connectivity index (χ0v) is 8.46. The molecule has 0 spiro atoms. The second kappa shape index (κ2) is 3.32. The van der Waals surface area contributed by atoms with E-state index < -0.39 is 12.1 Å². The van der Waals surface area contributed by atoms with Crippen LogP contribution in [-0.2, 0) is 9.53 Å². The Kier molecular flexibility index (Phi) is 1.94. The van der Waals surface area contributed by atoms with E-state index in [-0.39, 0.29) is 6.10 Å². The zero-order chi connectivity index (χ0) is 11.1. The molecule has 2 aromatic carbocycles. The molecule has 0 radical (unpaired) electrons. The van der Waals surface area contributed by atoms with Crippen molar-refractivity contribution < 1.29 is 14.6 Å². The number of ether oxygens (including phenoxy) is 1. The molecule has 0 bridgehead atoms. The lowest BCUT2D eigenvalue weighted by atomic mass is 10.0. The van der Waals surface area contributed by atoms with Gasteiger partial charge in [0.25, 0.3) is 0 Å². The molecule has 1 aliphatic rings. The molecule has 1 aliphatic heterocycles. The molecule has 0 unspecified atom stereocenters. The van der Waals surface area contributed by atoms with Crippen molar-refractivity contribution in [2.45, 2.75) is 12.2 Å². The fourth-order valence-corrected chi connectivity index (χ4v) is 1.94. The van der Waals surface area contributed by atoms with E-state index in [1.54, 1.807) is 0 Å². The smallest absolute Gasteiger partial charge is 0.335 e. The van der Waals surface area contributed by atoms with Crippen molar-refractivity contribution in [1.29, 1.82) is 0 Å². The van der Waals surface area contributed by atoms with Gasteiger partial charge in [0.15, 0.2) is 6.10 Å². The van der Waals surface area contributed by atoms with Crippen LogP contribution in [0.15, 0.2) is 42.5 Å². The Bertz CT molecular complexity index is 562. The fraction of sp³-hybridized carbons (Fsp3) is 0.154. The first kappa shape index (κ1) is 9.36. The minimum Gasteiger partial charge on any atom is -0.479 e. The molecule has 0 aliphatic carbocycles. The van der Waals surface area contributed by atoms with Gasteiger partial charge in [-0.2, -0.15) is 0 Å². The van der Waals surface area contributed by atoms with Crippen LogP contribution in [0.5, 0.6) is 0 Å². The highest BCUT2D eigenvalue weighted by Crippen LogP contribution is 2.39. The number of epoxide rings is 1. The Morgan fingerprint density at radius 1 is 1.12 bits per heavy atom. The molecular weight excluding hydrogens is 204 g/mol. The van der Waals surface area contributed by atoms with Gasteiger partial charge in [-0.1, -0.05) is 36.4 Å². The molecule has 1 saturated heterocycles. The van der Waals surface area contributed by atoms with Crippen molar-refractivity contribution in [3.63, 3.8) is 0 Å². The van der Waals surface area contributed by atoms with Crippen molar-refractivity contribution in [3.8, 4) is 0 Å². The first-order valence-corrected chi connectivity index (χ1v) is 5.13. The summed E-state index contributed by atoms with van der Waals surface area (Å²) in [4.78, 5) is 10.7. The maximum Gasteiger partial charge on any atom is 0.335 e. The van der Waals surface area contributed by atoms with E-state index in [0.29, 0.717) is 0 Å². The van der Waals surface area contributed by atoms with Crippen LogP contribution >= 0.6 is 0 Å². The van der Waals surface area contributed by atoms with Gasteiger partial charge in [0.2, 0.25) is 0 Å². The maximum atomic E-state index is 10.7. The number of aliphatic carboxylic acids is 1. The van der Waals surface area contributed by atoms with Crippen molar-refractivity contribution in [2.75, 3.05) is 0 Å². The van der Waals surface area contributed by atoms with Crippen molar-refractivity contribution >= 4 is 16.7 Å². The molecule has 1 fully saturated rings. The fourth-order valence-electron chi connectivity index (χ4n) is 1.94. The average Bonchev–Trinajstić information content (AvgIpc) is 3.08. The van der Waals surface area contributed by atoms with Gasteiger partial charge < -0.3 is 9.84 Å². The quantitative estimate of drug-likeness (QED) is 0.781. The van der Waals surface area contributed by atoms with E-state index in [0.717, 1.165) is 16.3 Å². The standard InChI is InChI=1S/C13H10O3/c14-13(15)12-11(16-12)10-6-5-8-3-1-2-4-9(8)7-10/h1-7,11-12H,(H,14,15)/t11-,12+/m1/s1. The van der Waals surface area contributed by atoms with Crippen molar-refractivity contribution in [1.82, 2.24) is 0 Å². The largest absolute Gasteiger partial charge is 0.479 e. The third kappa shape index (κ3) is 1.46. The summed E-state index contributed by atoms with van der Waals surface area (Å²) >= 11 is 0. The van der Waals surface area contributed by atoms with Gasteiger partial charge in [-0.25, -0.2) is 4.79 Å². The summed E-state index contributed by atoms with van der Waals surface area (Å²) in [6, 6.07) is 13.9. The van der Waals surface area contributed by atoms with Crippen LogP contribution in [-0.4, -0.2) is 17.2 Å². The number of fused-ring (bicyclic) bond motifs is 1. The molecule has 1 N–H and O–H groups in total. The second-order valence-corrected chi connectivity index (χ2v) is 3.92. The lowest BCUT2D eigenvalue weighted by Gasteiger charge is -2.00. The van der Waals surface area contributed by atoms with Crippen LogP contribution < -0.4 is 0 Å². The monoisotopic (exact) mass is 214 g/mol. The molecule has 3 rings (SSSR count). The zero-order valence-electron chi connectivity index (χ0n) is 8.46. The topological polar surface area (TPSA) is 49.8 Å². The van der Waals surface area contributed by atoms with Crippen molar-refractivity contribution in [3.05, 3.63) is 48.0 Å². The Morgan fingerprint density at radius 3 is 2.56 bits per heavy atom. The third-order valence-electron chi connectivity index (χ3n) is 2.84.